The molecule has 1 aromatic heterocycles. The maximum absolute atomic E-state index is 12.4. The molecule has 1 amide bonds. The molecular weight excluding hydrogens is 382 g/mol. The lowest BCUT2D eigenvalue weighted by molar-refractivity contribution is 0.0955. The first-order valence-electron chi connectivity index (χ1n) is 8.00. The zero-order valence-electron chi connectivity index (χ0n) is 14.4. The van der Waals surface area contributed by atoms with E-state index in [2.05, 4.69) is 15.2 Å². The highest BCUT2D eigenvalue weighted by molar-refractivity contribution is 7.92. The van der Waals surface area contributed by atoms with Gasteiger partial charge < -0.3 is 0 Å². The van der Waals surface area contributed by atoms with Crippen LogP contribution in [0.4, 0.5) is 5.69 Å². The van der Waals surface area contributed by atoms with Crippen LogP contribution in [0.3, 0.4) is 0 Å². The molecule has 0 saturated carbocycles. The number of amides is 1. The molecule has 2 aromatic carbocycles. The standard InChI is InChI=1S/C19H17N3O3S2/c1-14-4-10-18(11-5-14)27(24,25)22-16-8-6-15(7-9-16)19(23)21-20-13-17-3-2-12-26-17/h2-13,22H,1H3,(H,21,23). The number of hydrazone groups is 1. The van der Waals surface area contributed by atoms with Gasteiger partial charge in [0.2, 0.25) is 0 Å². The topological polar surface area (TPSA) is 87.6 Å². The van der Waals surface area contributed by atoms with Crippen molar-refractivity contribution in [3.8, 4) is 0 Å². The Kier molecular flexibility index (Phi) is 5.68. The third-order valence-corrected chi connectivity index (χ3v) is 5.84. The van der Waals surface area contributed by atoms with Crippen LogP contribution in [0.2, 0.25) is 0 Å². The second-order valence-corrected chi connectivity index (χ2v) is 8.37. The van der Waals surface area contributed by atoms with Crippen molar-refractivity contribution >= 4 is 39.2 Å². The summed E-state index contributed by atoms with van der Waals surface area (Å²) in [5, 5.41) is 5.81. The molecule has 0 aliphatic carbocycles. The average Bonchev–Trinajstić information content (AvgIpc) is 3.16. The lowest BCUT2D eigenvalue weighted by atomic mass is 10.2. The number of anilines is 1. The van der Waals surface area contributed by atoms with Crippen molar-refractivity contribution in [1.82, 2.24) is 5.43 Å². The average molecular weight is 399 g/mol. The Morgan fingerprint density at radius 3 is 2.37 bits per heavy atom. The zero-order chi connectivity index (χ0) is 19.3. The molecule has 3 rings (SSSR count). The number of thiophene rings is 1. The molecule has 0 saturated heterocycles. The predicted octanol–water partition coefficient (Wildman–Crippen LogP) is 3.62. The number of aryl methyl sites for hydroxylation is 1. The normalized spacial score (nSPS) is 11.4. The number of hydrogen-bond acceptors (Lipinski definition) is 5. The molecule has 0 fully saturated rings. The van der Waals surface area contributed by atoms with Gasteiger partial charge in [0, 0.05) is 16.1 Å². The number of benzene rings is 2. The molecule has 27 heavy (non-hydrogen) atoms. The second kappa shape index (κ2) is 8.15. The van der Waals surface area contributed by atoms with Crippen LogP contribution in [-0.2, 0) is 10.0 Å². The summed E-state index contributed by atoms with van der Waals surface area (Å²) in [5.74, 6) is -0.379. The highest BCUT2D eigenvalue weighted by Crippen LogP contribution is 2.17. The fourth-order valence-electron chi connectivity index (χ4n) is 2.20. The highest BCUT2D eigenvalue weighted by atomic mass is 32.2. The van der Waals surface area contributed by atoms with Gasteiger partial charge in [0.05, 0.1) is 11.1 Å². The van der Waals surface area contributed by atoms with Crippen molar-refractivity contribution in [3.05, 3.63) is 82.0 Å². The fourth-order valence-corrected chi connectivity index (χ4v) is 3.85. The van der Waals surface area contributed by atoms with Gasteiger partial charge >= 0.3 is 0 Å². The molecule has 0 bridgehead atoms. The minimum absolute atomic E-state index is 0.179. The van der Waals surface area contributed by atoms with Crippen molar-refractivity contribution in [3.63, 3.8) is 0 Å². The maximum atomic E-state index is 12.4. The van der Waals surface area contributed by atoms with E-state index in [1.165, 1.54) is 35.6 Å². The highest BCUT2D eigenvalue weighted by Gasteiger charge is 2.14. The summed E-state index contributed by atoms with van der Waals surface area (Å²) in [4.78, 5) is 13.2. The number of carbonyl (C=O) groups is 1. The lowest BCUT2D eigenvalue weighted by Crippen LogP contribution is -2.17. The number of hydrogen-bond donors (Lipinski definition) is 2. The fraction of sp³-hybridized carbons (Fsp3) is 0.0526. The lowest BCUT2D eigenvalue weighted by Gasteiger charge is -2.09. The predicted molar refractivity (Wildman–Crippen MR) is 108 cm³/mol. The first kappa shape index (κ1) is 18.8. The van der Waals surface area contributed by atoms with Crippen LogP contribution in [0.15, 0.2) is 76.0 Å². The largest absolute Gasteiger partial charge is 0.280 e. The smallest absolute Gasteiger partial charge is 0.271 e. The van der Waals surface area contributed by atoms with E-state index in [0.717, 1.165) is 10.4 Å². The SMILES string of the molecule is Cc1ccc(S(=O)(=O)Nc2ccc(C(=O)NN=Cc3cccs3)cc2)cc1. The van der Waals surface area contributed by atoms with Crippen molar-refractivity contribution in [2.75, 3.05) is 4.72 Å². The second-order valence-electron chi connectivity index (χ2n) is 5.71. The van der Waals surface area contributed by atoms with E-state index in [9.17, 15) is 13.2 Å². The Morgan fingerprint density at radius 2 is 1.74 bits per heavy atom. The van der Waals surface area contributed by atoms with Gasteiger partial charge in [-0.05, 0) is 54.8 Å². The van der Waals surface area contributed by atoms with Crippen LogP contribution in [0.5, 0.6) is 0 Å². The number of nitrogens with zero attached hydrogens (tertiary/aromatic N) is 1. The van der Waals surface area contributed by atoms with E-state index in [0.29, 0.717) is 11.3 Å². The molecule has 0 aliphatic rings. The summed E-state index contributed by atoms with van der Waals surface area (Å²) >= 11 is 1.51. The van der Waals surface area contributed by atoms with Gasteiger partial charge in [-0.2, -0.15) is 5.10 Å². The maximum Gasteiger partial charge on any atom is 0.271 e. The molecule has 0 atom stereocenters. The van der Waals surface area contributed by atoms with Gasteiger partial charge in [-0.3, -0.25) is 9.52 Å². The van der Waals surface area contributed by atoms with E-state index < -0.39 is 10.0 Å². The van der Waals surface area contributed by atoms with Gasteiger partial charge in [0.25, 0.3) is 15.9 Å². The number of rotatable bonds is 6. The third-order valence-electron chi connectivity index (χ3n) is 3.63. The minimum Gasteiger partial charge on any atom is -0.280 e. The molecule has 1 heterocycles. The molecule has 0 spiro atoms. The van der Waals surface area contributed by atoms with Crippen LogP contribution in [-0.4, -0.2) is 20.5 Å². The zero-order valence-corrected chi connectivity index (χ0v) is 16.0. The van der Waals surface area contributed by atoms with Gasteiger partial charge in [-0.15, -0.1) is 11.3 Å². The third kappa shape index (κ3) is 5.02. The number of sulfonamides is 1. The van der Waals surface area contributed by atoms with Crippen molar-refractivity contribution in [2.24, 2.45) is 5.10 Å². The molecule has 6 nitrogen and oxygen atoms in total. The van der Waals surface area contributed by atoms with Crippen molar-refractivity contribution in [1.29, 1.82) is 0 Å². The van der Waals surface area contributed by atoms with Crippen LogP contribution in [0, 0.1) is 6.92 Å². The van der Waals surface area contributed by atoms with E-state index in [1.54, 1.807) is 30.5 Å². The Labute approximate surface area is 161 Å². The van der Waals surface area contributed by atoms with Gasteiger partial charge in [0.15, 0.2) is 0 Å². The van der Waals surface area contributed by atoms with E-state index in [1.807, 2.05) is 24.4 Å². The van der Waals surface area contributed by atoms with E-state index >= 15 is 0 Å². The van der Waals surface area contributed by atoms with Crippen molar-refractivity contribution < 1.29 is 13.2 Å². The minimum atomic E-state index is -3.68. The summed E-state index contributed by atoms with van der Waals surface area (Å²) in [6, 6.07) is 16.5. The van der Waals surface area contributed by atoms with Gasteiger partial charge in [-0.1, -0.05) is 23.8 Å². The molecule has 138 valence electrons. The molecular formula is C19H17N3O3S2. The molecule has 2 N–H and O–H groups in total. The molecule has 3 aromatic rings. The summed E-state index contributed by atoms with van der Waals surface area (Å²) in [7, 11) is -3.68. The Balaban J connectivity index is 1.64. The quantitative estimate of drug-likeness (QED) is 0.490. The summed E-state index contributed by atoms with van der Waals surface area (Å²) < 4.78 is 27.2. The Bertz CT molecular complexity index is 1040. The van der Waals surface area contributed by atoms with Gasteiger partial charge in [0.1, 0.15) is 0 Å². The first-order valence-corrected chi connectivity index (χ1v) is 10.4. The summed E-state index contributed by atoms with van der Waals surface area (Å²) in [5.41, 5.74) is 4.15. The molecule has 8 heteroatoms. The van der Waals surface area contributed by atoms with Crippen molar-refractivity contribution in [2.45, 2.75) is 11.8 Å². The summed E-state index contributed by atoms with van der Waals surface area (Å²) in [6.45, 7) is 1.89. The van der Waals surface area contributed by atoms with Crippen LogP contribution < -0.4 is 10.1 Å². The van der Waals surface area contributed by atoms with E-state index in [4.69, 9.17) is 0 Å². The molecule has 0 aliphatic heterocycles. The van der Waals surface area contributed by atoms with Crippen LogP contribution in [0.25, 0.3) is 0 Å². The Morgan fingerprint density at radius 1 is 1.04 bits per heavy atom. The molecule has 0 radical (unpaired) electrons. The monoisotopic (exact) mass is 399 g/mol. The molecule has 0 unspecified atom stereocenters. The van der Waals surface area contributed by atoms with E-state index in [-0.39, 0.29) is 10.8 Å². The summed E-state index contributed by atoms with van der Waals surface area (Å²) in [6.07, 6.45) is 1.56. The first-order chi connectivity index (χ1) is 12.9. The van der Waals surface area contributed by atoms with Gasteiger partial charge in [-0.25, -0.2) is 13.8 Å². The Hall–Kier alpha value is -2.97. The number of nitrogens with one attached hydrogen (secondary N) is 2. The van der Waals surface area contributed by atoms with Crippen LogP contribution >= 0.6 is 11.3 Å². The number of carbonyl (C=O) groups excluding carboxylic acids is 1. The van der Waals surface area contributed by atoms with Crippen LogP contribution in [0.1, 0.15) is 20.8 Å².